The molecule has 0 amide bonds. The SMILES string of the molecule is CCS(=O)(=O)c1cc(C(F)(F)F)cnc1-c1nc2cc(C)ncc2n1C. The van der Waals surface area contributed by atoms with Gasteiger partial charge in [-0.2, -0.15) is 13.2 Å². The Kier molecular flexibility index (Phi) is 4.26. The summed E-state index contributed by atoms with van der Waals surface area (Å²) >= 11 is 0. The van der Waals surface area contributed by atoms with E-state index in [0.29, 0.717) is 29.0 Å². The number of fused-ring (bicyclic) bond motifs is 1. The predicted octanol–water partition coefficient (Wildman–Crippen LogP) is 3.15. The van der Waals surface area contributed by atoms with Gasteiger partial charge in [-0.25, -0.2) is 13.4 Å². The van der Waals surface area contributed by atoms with Crippen LogP contribution in [0.3, 0.4) is 0 Å². The second-order valence-electron chi connectivity index (χ2n) is 5.78. The van der Waals surface area contributed by atoms with Crippen LogP contribution in [0.25, 0.3) is 22.6 Å². The molecule has 0 saturated heterocycles. The Labute approximate surface area is 147 Å². The summed E-state index contributed by atoms with van der Waals surface area (Å²) in [7, 11) is -2.33. The number of hydrogen-bond acceptors (Lipinski definition) is 5. The number of hydrogen-bond donors (Lipinski definition) is 0. The van der Waals surface area contributed by atoms with Gasteiger partial charge in [0.1, 0.15) is 5.69 Å². The fourth-order valence-corrected chi connectivity index (χ4v) is 3.62. The maximum Gasteiger partial charge on any atom is 0.417 e. The summed E-state index contributed by atoms with van der Waals surface area (Å²) in [6, 6.07) is 2.32. The average molecular weight is 384 g/mol. The van der Waals surface area contributed by atoms with E-state index in [1.807, 2.05) is 0 Å². The Morgan fingerprint density at radius 3 is 2.46 bits per heavy atom. The van der Waals surface area contributed by atoms with Crippen molar-refractivity contribution < 1.29 is 21.6 Å². The smallest absolute Gasteiger partial charge is 0.324 e. The molecule has 26 heavy (non-hydrogen) atoms. The third-order valence-corrected chi connectivity index (χ3v) is 5.75. The molecular weight excluding hydrogens is 369 g/mol. The van der Waals surface area contributed by atoms with Crippen LogP contribution in [0.5, 0.6) is 0 Å². The van der Waals surface area contributed by atoms with E-state index in [4.69, 9.17) is 0 Å². The highest BCUT2D eigenvalue weighted by atomic mass is 32.2. The van der Waals surface area contributed by atoms with Crippen molar-refractivity contribution in [2.45, 2.75) is 24.9 Å². The summed E-state index contributed by atoms with van der Waals surface area (Å²) in [5.41, 5.74) is 0.647. The van der Waals surface area contributed by atoms with Crippen molar-refractivity contribution in [3.63, 3.8) is 0 Å². The largest absolute Gasteiger partial charge is 0.417 e. The van der Waals surface area contributed by atoms with E-state index in [9.17, 15) is 21.6 Å². The van der Waals surface area contributed by atoms with Gasteiger partial charge in [0.2, 0.25) is 0 Å². The molecule has 3 rings (SSSR count). The molecule has 3 aromatic heterocycles. The molecule has 0 bridgehead atoms. The van der Waals surface area contributed by atoms with Crippen molar-refractivity contribution >= 4 is 20.9 Å². The fraction of sp³-hybridized carbons (Fsp3) is 0.312. The van der Waals surface area contributed by atoms with Gasteiger partial charge in [-0.05, 0) is 19.1 Å². The Morgan fingerprint density at radius 1 is 1.15 bits per heavy atom. The van der Waals surface area contributed by atoms with E-state index in [0.717, 1.165) is 0 Å². The first-order valence-electron chi connectivity index (χ1n) is 7.64. The van der Waals surface area contributed by atoms with E-state index in [1.165, 1.54) is 6.92 Å². The summed E-state index contributed by atoms with van der Waals surface area (Å²) in [5.74, 6) is -0.193. The molecule has 0 atom stereocenters. The van der Waals surface area contributed by atoms with Crippen LogP contribution < -0.4 is 0 Å². The molecule has 0 aliphatic rings. The number of aryl methyl sites for hydroxylation is 2. The molecule has 0 saturated carbocycles. The molecule has 0 aromatic carbocycles. The van der Waals surface area contributed by atoms with Crippen LogP contribution in [0.15, 0.2) is 29.4 Å². The maximum atomic E-state index is 13.0. The van der Waals surface area contributed by atoms with E-state index < -0.39 is 26.5 Å². The number of pyridine rings is 2. The first-order valence-corrected chi connectivity index (χ1v) is 9.29. The Balaban J connectivity index is 2.33. The molecule has 0 aliphatic carbocycles. The zero-order chi connectivity index (χ0) is 19.3. The molecule has 3 aromatic rings. The van der Waals surface area contributed by atoms with Crippen LogP contribution >= 0.6 is 0 Å². The Hall–Kier alpha value is -2.49. The molecule has 0 N–H and O–H groups in total. The van der Waals surface area contributed by atoms with E-state index in [-0.39, 0.29) is 17.3 Å². The molecule has 6 nitrogen and oxygen atoms in total. The Bertz CT molecular complexity index is 1100. The molecule has 0 aliphatic heterocycles. The van der Waals surface area contributed by atoms with Crippen molar-refractivity contribution in [3.05, 3.63) is 35.8 Å². The molecule has 138 valence electrons. The first-order chi connectivity index (χ1) is 12.0. The van der Waals surface area contributed by atoms with Gasteiger partial charge >= 0.3 is 6.18 Å². The lowest BCUT2D eigenvalue weighted by Gasteiger charge is -2.12. The summed E-state index contributed by atoms with van der Waals surface area (Å²) in [5, 5.41) is 0. The summed E-state index contributed by atoms with van der Waals surface area (Å²) < 4.78 is 65.4. The number of nitrogens with zero attached hydrogens (tertiary/aromatic N) is 4. The monoisotopic (exact) mass is 384 g/mol. The highest BCUT2D eigenvalue weighted by Crippen LogP contribution is 2.34. The number of aromatic nitrogens is 4. The molecule has 10 heteroatoms. The van der Waals surface area contributed by atoms with E-state index in [1.54, 1.807) is 30.8 Å². The minimum absolute atomic E-state index is 0.115. The topological polar surface area (TPSA) is 77.7 Å². The van der Waals surface area contributed by atoms with Gasteiger partial charge in [-0.1, -0.05) is 6.92 Å². The third-order valence-electron chi connectivity index (χ3n) is 4.01. The molecule has 3 heterocycles. The van der Waals surface area contributed by atoms with Crippen molar-refractivity contribution in [3.8, 4) is 11.5 Å². The molecular formula is C16H15F3N4O2S. The Morgan fingerprint density at radius 2 is 1.85 bits per heavy atom. The van der Waals surface area contributed by atoms with Crippen LogP contribution in [0, 0.1) is 6.92 Å². The third kappa shape index (κ3) is 3.05. The van der Waals surface area contributed by atoms with Gasteiger partial charge in [0.15, 0.2) is 15.7 Å². The highest BCUT2D eigenvalue weighted by molar-refractivity contribution is 7.91. The van der Waals surface area contributed by atoms with Crippen molar-refractivity contribution in [2.24, 2.45) is 7.05 Å². The van der Waals surface area contributed by atoms with Gasteiger partial charge in [-0.3, -0.25) is 9.97 Å². The summed E-state index contributed by atoms with van der Waals surface area (Å²) in [6.07, 6.45) is -2.51. The lowest BCUT2D eigenvalue weighted by Crippen LogP contribution is -2.13. The lowest BCUT2D eigenvalue weighted by atomic mass is 10.2. The molecule has 0 spiro atoms. The van der Waals surface area contributed by atoms with Crippen LogP contribution in [0.1, 0.15) is 18.2 Å². The quantitative estimate of drug-likeness (QED) is 0.693. The molecule has 0 unspecified atom stereocenters. The summed E-state index contributed by atoms with van der Waals surface area (Å²) in [6.45, 7) is 3.14. The van der Waals surface area contributed by atoms with E-state index >= 15 is 0 Å². The standard InChI is InChI=1S/C16H15F3N4O2S/c1-4-26(24,25)13-6-10(16(17,18)19)7-21-14(13)15-22-11-5-9(2)20-8-12(11)23(15)3/h5-8H,4H2,1-3H3. The van der Waals surface area contributed by atoms with Crippen molar-refractivity contribution in [1.29, 1.82) is 0 Å². The maximum absolute atomic E-state index is 13.0. The van der Waals surface area contributed by atoms with Gasteiger partial charge in [-0.15, -0.1) is 0 Å². The zero-order valence-corrected chi connectivity index (χ0v) is 15.0. The second-order valence-corrected chi connectivity index (χ2v) is 8.03. The van der Waals surface area contributed by atoms with Crippen molar-refractivity contribution in [1.82, 2.24) is 19.5 Å². The summed E-state index contributed by atoms with van der Waals surface area (Å²) in [4.78, 5) is 11.8. The van der Waals surface area contributed by atoms with Crippen LogP contribution in [0.4, 0.5) is 13.2 Å². The first kappa shape index (κ1) is 18.3. The lowest BCUT2D eigenvalue weighted by molar-refractivity contribution is -0.138. The number of halogens is 3. The number of sulfone groups is 1. The van der Waals surface area contributed by atoms with Gasteiger partial charge in [0.25, 0.3) is 0 Å². The van der Waals surface area contributed by atoms with Crippen LogP contribution in [-0.4, -0.2) is 33.7 Å². The minimum atomic E-state index is -4.70. The van der Waals surface area contributed by atoms with Gasteiger partial charge < -0.3 is 4.57 Å². The number of rotatable bonds is 3. The average Bonchev–Trinajstić information content (AvgIpc) is 2.89. The second kappa shape index (κ2) is 6.04. The van der Waals surface area contributed by atoms with Crippen LogP contribution in [-0.2, 0) is 23.1 Å². The van der Waals surface area contributed by atoms with Crippen molar-refractivity contribution in [2.75, 3.05) is 5.75 Å². The van der Waals surface area contributed by atoms with Crippen LogP contribution in [0.2, 0.25) is 0 Å². The normalized spacial score (nSPS) is 12.7. The zero-order valence-electron chi connectivity index (χ0n) is 14.2. The van der Waals surface area contributed by atoms with E-state index in [2.05, 4.69) is 15.0 Å². The molecule has 0 fully saturated rings. The van der Waals surface area contributed by atoms with Gasteiger partial charge in [0.05, 0.1) is 33.4 Å². The minimum Gasteiger partial charge on any atom is -0.324 e. The number of imidazole rings is 1. The highest BCUT2D eigenvalue weighted by Gasteiger charge is 2.34. The fourth-order valence-electron chi connectivity index (χ4n) is 2.56. The predicted molar refractivity (Wildman–Crippen MR) is 89.2 cm³/mol. The number of alkyl halides is 3. The molecule has 0 radical (unpaired) electrons. The van der Waals surface area contributed by atoms with Gasteiger partial charge in [0, 0.05) is 18.9 Å².